The average Bonchev–Trinajstić information content (AvgIpc) is 2.96. The van der Waals surface area contributed by atoms with Gasteiger partial charge in [-0.25, -0.2) is 0 Å². The Hall–Kier alpha value is -4.04. The Morgan fingerprint density at radius 1 is 0.474 bits per heavy atom. The van der Waals surface area contributed by atoms with E-state index in [1.165, 1.54) is 79.0 Å². The van der Waals surface area contributed by atoms with Gasteiger partial charge in [0.2, 0.25) is 0 Å². The summed E-state index contributed by atoms with van der Waals surface area (Å²) < 4.78 is 0. The van der Waals surface area contributed by atoms with Crippen molar-refractivity contribution in [1.29, 1.82) is 0 Å². The smallest absolute Gasteiger partial charge is 0.0493 e. The van der Waals surface area contributed by atoms with E-state index in [2.05, 4.69) is 121 Å². The van der Waals surface area contributed by atoms with Crippen molar-refractivity contribution in [1.82, 2.24) is 0 Å². The van der Waals surface area contributed by atoms with Crippen molar-refractivity contribution in [2.24, 2.45) is 0 Å². The molecule has 0 spiro atoms. The summed E-state index contributed by atoms with van der Waals surface area (Å²) in [5, 5.41) is 8.15. The van der Waals surface area contributed by atoms with Gasteiger partial charge in [-0.2, -0.15) is 0 Å². The largest absolute Gasteiger partial charge is 0.338 e. The first-order chi connectivity index (χ1) is 18.7. The summed E-state index contributed by atoms with van der Waals surface area (Å²) in [7, 11) is 0. The number of rotatable bonds is 2. The Bertz CT molecular complexity index is 1700. The minimum absolute atomic E-state index is 0.463. The Kier molecular flexibility index (Phi) is 4.76. The first-order valence-electron chi connectivity index (χ1n) is 14.1. The molecule has 2 aliphatic rings. The van der Waals surface area contributed by atoms with Crippen LogP contribution in [0.5, 0.6) is 0 Å². The van der Waals surface area contributed by atoms with Crippen LogP contribution in [0.4, 0.5) is 22.7 Å². The highest BCUT2D eigenvalue weighted by atomic mass is 15.2. The van der Waals surface area contributed by atoms with Crippen molar-refractivity contribution in [3.63, 3.8) is 0 Å². The SMILES string of the molecule is CC1CCc2ccccc2N1c1ccc2ccc3c(N4c5ccccc5CCC4C)ccc4ccc1c2c43. The van der Waals surface area contributed by atoms with E-state index in [0.29, 0.717) is 12.1 Å². The third kappa shape index (κ3) is 3.07. The molecule has 38 heavy (non-hydrogen) atoms. The quantitative estimate of drug-likeness (QED) is 0.222. The zero-order chi connectivity index (χ0) is 25.4. The maximum atomic E-state index is 2.59. The maximum Gasteiger partial charge on any atom is 0.0493 e. The molecule has 2 unspecified atom stereocenters. The van der Waals surface area contributed by atoms with Gasteiger partial charge in [0.15, 0.2) is 0 Å². The van der Waals surface area contributed by atoms with Crippen molar-refractivity contribution in [2.75, 3.05) is 9.80 Å². The van der Waals surface area contributed by atoms with Crippen molar-refractivity contribution >= 4 is 55.1 Å². The third-order valence-corrected chi connectivity index (χ3v) is 9.18. The van der Waals surface area contributed by atoms with Gasteiger partial charge in [-0.05, 0) is 96.5 Å². The Morgan fingerprint density at radius 2 is 0.895 bits per heavy atom. The predicted molar refractivity (Wildman–Crippen MR) is 163 cm³/mol. The van der Waals surface area contributed by atoms with Gasteiger partial charge in [-0.3, -0.25) is 0 Å². The molecule has 2 heteroatoms. The number of anilines is 4. The van der Waals surface area contributed by atoms with Gasteiger partial charge in [0.05, 0.1) is 0 Å². The van der Waals surface area contributed by atoms with Crippen LogP contribution >= 0.6 is 0 Å². The number of hydrogen-bond acceptors (Lipinski definition) is 2. The van der Waals surface area contributed by atoms with Gasteiger partial charge in [0, 0.05) is 45.6 Å². The van der Waals surface area contributed by atoms with Crippen molar-refractivity contribution in [2.45, 2.75) is 51.6 Å². The lowest BCUT2D eigenvalue weighted by atomic mass is 9.89. The van der Waals surface area contributed by atoms with E-state index < -0.39 is 0 Å². The van der Waals surface area contributed by atoms with Crippen LogP contribution in [-0.4, -0.2) is 12.1 Å². The van der Waals surface area contributed by atoms with Gasteiger partial charge in [0.25, 0.3) is 0 Å². The number of fused-ring (bicyclic) bond motifs is 2. The summed E-state index contributed by atoms with van der Waals surface area (Å²) in [6.45, 7) is 4.75. The van der Waals surface area contributed by atoms with Crippen molar-refractivity contribution in [3.05, 3.63) is 108 Å². The minimum atomic E-state index is 0.463. The van der Waals surface area contributed by atoms with Gasteiger partial charge in [-0.15, -0.1) is 0 Å². The van der Waals surface area contributed by atoms with Crippen LogP contribution in [0, 0.1) is 0 Å². The standard InChI is InChI=1S/C36H32N2/c1-23-11-13-25-7-3-5-9-31(25)37(23)33-21-17-27-16-20-30-34(22-18-28-15-19-29(33)35(27)36(28)30)38-24(2)12-14-26-8-4-6-10-32(26)38/h3-10,15-24H,11-14H2,1-2H3. The molecule has 2 nitrogen and oxygen atoms in total. The number of nitrogens with zero attached hydrogens (tertiary/aromatic N) is 2. The number of hydrogen-bond donors (Lipinski definition) is 0. The molecule has 0 aromatic heterocycles. The van der Waals surface area contributed by atoms with Crippen molar-refractivity contribution < 1.29 is 0 Å². The van der Waals surface area contributed by atoms with Gasteiger partial charge < -0.3 is 9.80 Å². The van der Waals surface area contributed by atoms with Crippen LogP contribution < -0.4 is 9.80 Å². The molecule has 0 saturated carbocycles. The first kappa shape index (κ1) is 22.0. The van der Waals surface area contributed by atoms with Gasteiger partial charge in [-0.1, -0.05) is 72.8 Å². The summed E-state index contributed by atoms with van der Waals surface area (Å²) in [4.78, 5) is 5.18. The lowest BCUT2D eigenvalue weighted by molar-refractivity contribution is 0.619. The third-order valence-electron chi connectivity index (χ3n) is 9.18. The lowest BCUT2D eigenvalue weighted by Gasteiger charge is -2.38. The highest BCUT2D eigenvalue weighted by Gasteiger charge is 2.28. The summed E-state index contributed by atoms with van der Waals surface area (Å²) in [5.74, 6) is 0. The van der Waals surface area contributed by atoms with E-state index >= 15 is 0 Å². The Balaban J connectivity index is 1.40. The van der Waals surface area contributed by atoms with E-state index in [1.807, 2.05) is 0 Å². The molecule has 0 radical (unpaired) electrons. The summed E-state index contributed by atoms with van der Waals surface area (Å²) in [6, 6.07) is 37.6. The second-order valence-corrected chi connectivity index (χ2v) is 11.4. The molecular weight excluding hydrogens is 460 g/mol. The molecule has 0 N–H and O–H groups in total. The monoisotopic (exact) mass is 492 g/mol. The van der Waals surface area contributed by atoms with Crippen LogP contribution in [0.2, 0.25) is 0 Å². The molecule has 6 aromatic carbocycles. The number of benzene rings is 6. The topological polar surface area (TPSA) is 6.48 Å². The summed E-state index contributed by atoms with van der Waals surface area (Å²) in [5.41, 5.74) is 8.29. The zero-order valence-electron chi connectivity index (χ0n) is 22.1. The number of aryl methyl sites for hydroxylation is 2. The van der Waals surface area contributed by atoms with E-state index in [0.717, 1.165) is 12.8 Å². The molecule has 0 saturated heterocycles. The van der Waals surface area contributed by atoms with Crippen molar-refractivity contribution in [3.8, 4) is 0 Å². The van der Waals surface area contributed by atoms with E-state index in [9.17, 15) is 0 Å². The molecule has 186 valence electrons. The molecule has 0 fully saturated rings. The molecule has 2 heterocycles. The molecule has 0 aliphatic carbocycles. The van der Waals surface area contributed by atoms with Crippen LogP contribution in [0.25, 0.3) is 32.3 Å². The fraction of sp³-hybridized carbons (Fsp3) is 0.222. The van der Waals surface area contributed by atoms with Crippen LogP contribution in [0.1, 0.15) is 37.8 Å². The predicted octanol–water partition coefficient (Wildman–Crippen LogP) is 9.53. The molecule has 2 atom stereocenters. The molecular formula is C36H32N2. The summed E-state index contributed by atoms with van der Waals surface area (Å²) >= 11 is 0. The molecule has 0 bridgehead atoms. The molecule has 6 aromatic rings. The Morgan fingerprint density at radius 3 is 1.37 bits per heavy atom. The number of para-hydroxylation sites is 2. The van der Waals surface area contributed by atoms with Crippen LogP contribution in [0.15, 0.2) is 97.1 Å². The zero-order valence-corrected chi connectivity index (χ0v) is 22.1. The van der Waals surface area contributed by atoms with E-state index in [1.54, 1.807) is 0 Å². The first-order valence-corrected chi connectivity index (χ1v) is 14.1. The second-order valence-electron chi connectivity index (χ2n) is 11.4. The van der Waals surface area contributed by atoms with Gasteiger partial charge >= 0.3 is 0 Å². The fourth-order valence-corrected chi connectivity index (χ4v) is 7.30. The average molecular weight is 493 g/mol. The maximum absolute atomic E-state index is 2.59. The van der Waals surface area contributed by atoms with Crippen LogP contribution in [-0.2, 0) is 12.8 Å². The second kappa shape index (κ2) is 8.23. The van der Waals surface area contributed by atoms with E-state index in [-0.39, 0.29) is 0 Å². The van der Waals surface area contributed by atoms with Gasteiger partial charge in [0.1, 0.15) is 0 Å². The highest BCUT2D eigenvalue weighted by molar-refractivity contribution is 6.27. The summed E-state index contributed by atoms with van der Waals surface area (Å²) in [6.07, 6.45) is 4.65. The minimum Gasteiger partial charge on any atom is -0.338 e. The molecule has 8 rings (SSSR count). The molecule has 0 amide bonds. The molecule has 2 aliphatic heterocycles. The fourth-order valence-electron chi connectivity index (χ4n) is 7.30. The van der Waals surface area contributed by atoms with E-state index in [4.69, 9.17) is 0 Å². The highest BCUT2D eigenvalue weighted by Crippen LogP contribution is 2.47. The normalized spacial score (nSPS) is 19.3. The van der Waals surface area contributed by atoms with Crippen LogP contribution in [0.3, 0.4) is 0 Å². The Labute approximate surface area is 224 Å². The lowest BCUT2D eigenvalue weighted by Crippen LogP contribution is -2.33.